The van der Waals surface area contributed by atoms with E-state index in [0.717, 1.165) is 36.3 Å². The van der Waals surface area contributed by atoms with Gasteiger partial charge in [-0.1, -0.05) is 35.9 Å². The van der Waals surface area contributed by atoms with E-state index in [4.69, 9.17) is 4.74 Å². The first-order chi connectivity index (χ1) is 11.7. The van der Waals surface area contributed by atoms with Crippen LogP contribution in [0.5, 0.6) is 5.75 Å². The van der Waals surface area contributed by atoms with E-state index >= 15 is 0 Å². The second-order valence-electron chi connectivity index (χ2n) is 6.40. The van der Waals surface area contributed by atoms with Crippen LogP contribution in [0.2, 0.25) is 0 Å². The minimum Gasteiger partial charge on any atom is -0.496 e. The molecule has 0 bridgehead atoms. The number of piperidine rings is 1. The minimum atomic E-state index is -0.142. The number of nitrogens with one attached hydrogen (secondary N) is 2. The maximum absolute atomic E-state index is 14.2. The van der Waals surface area contributed by atoms with Gasteiger partial charge in [0.05, 0.1) is 13.2 Å². The van der Waals surface area contributed by atoms with Crippen LogP contribution < -0.4 is 15.4 Å². The Morgan fingerprint density at radius 1 is 1.25 bits per heavy atom. The minimum absolute atomic E-state index is 0.00393. The van der Waals surface area contributed by atoms with Gasteiger partial charge in [0.25, 0.3) is 0 Å². The van der Waals surface area contributed by atoms with Crippen LogP contribution >= 0.6 is 0 Å². The average molecular weight is 328 g/mol. The van der Waals surface area contributed by atoms with Gasteiger partial charge < -0.3 is 15.4 Å². The van der Waals surface area contributed by atoms with Gasteiger partial charge in [0.2, 0.25) is 0 Å². The number of rotatable bonds is 5. The molecule has 3 rings (SSSR count). The summed E-state index contributed by atoms with van der Waals surface area (Å²) in [5.74, 6) is 0.746. The zero-order valence-corrected chi connectivity index (χ0v) is 14.3. The quantitative estimate of drug-likeness (QED) is 0.877. The Kier molecular flexibility index (Phi) is 5.48. The molecule has 4 heteroatoms. The number of aryl methyl sites for hydroxylation is 1. The van der Waals surface area contributed by atoms with Gasteiger partial charge in [-0.2, -0.15) is 0 Å². The number of halogens is 1. The molecule has 2 N–H and O–H groups in total. The SMILES string of the molecule is COc1ccc(C)cc1CNC1CCCNC1c1ccccc1F. The summed E-state index contributed by atoms with van der Waals surface area (Å²) in [5.41, 5.74) is 3.08. The van der Waals surface area contributed by atoms with Crippen LogP contribution in [0, 0.1) is 12.7 Å². The van der Waals surface area contributed by atoms with Crippen LogP contribution in [0.1, 0.15) is 35.6 Å². The van der Waals surface area contributed by atoms with Crippen molar-refractivity contribution >= 4 is 0 Å². The van der Waals surface area contributed by atoms with E-state index in [9.17, 15) is 4.39 Å². The van der Waals surface area contributed by atoms with Crippen molar-refractivity contribution in [2.24, 2.45) is 0 Å². The van der Waals surface area contributed by atoms with E-state index < -0.39 is 0 Å². The standard InChI is InChI=1S/C20H25FN2O/c1-14-9-10-19(24-2)15(12-14)13-23-18-8-5-11-22-20(18)16-6-3-4-7-17(16)21/h3-4,6-7,9-10,12,18,20,22-23H,5,8,11,13H2,1-2H3. The Morgan fingerprint density at radius 3 is 2.88 bits per heavy atom. The highest BCUT2D eigenvalue weighted by Gasteiger charge is 2.27. The summed E-state index contributed by atoms with van der Waals surface area (Å²) in [5, 5.41) is 7.08. The molecule has 0 aromatic heterocycles. The zero-order chi connectivity index (χ0) is 16.9. The molecule has 1 saturated heterocycles. The molecule has 0 saturated carbocycles. The zero-order valence-electron chi connectivity index (χ0n) is 14.3. The number of ether oxygens (including phenoxy) is 1. The van der Waals surface area contributed by atoms with E-state index in [0.29, 0.717) is 6.54 Å². The summed E-state index contributed by atoms with van der Waals surface area (Å²) in [4.78, 5) is 0. The molecule has 1 fully saturated rings. The smallest absolute Gasteiger partial charge is 0.128 e. The van der Waals surface area contributed by atoms with E-state index in [1.54, 1.807) is 13.2 Å². The van der Waals surface area contributed by atoms with Gasteiger partial charge >= 0.3 is 0 Å². The highest BCUT2D eigenvalue weighted by molar-refractivity contribution is 5.37. The van der Waals surface area contributed by atoms with E-state index in [1.165, 1.54) is 11.6 Å². The summed E-state index contributed by atoms with van der Waals surface area (Å²) in [6.45, 7) is 3.71. The lowest BCUT2D eigenvalue weighted by Crippen LogP contribution is -2.46. The monoisotopic (exact) mass is 328 g/mol. The lowest BCUT2D eigenvalue weighted by atomic mass is 9.91. The van der Waals surface area contributed by atoms with Crippen LogP contribution in [-0.4, -0.2) is 19.7 Å². The summed E-state index contributed by atoms with van der Waals surface area (Å²) in [6.07, 6.45) is 2.12. The van der Waals surface area contributed by atoms with Gasteiger partial charge in [0, 0.05) is 23.7 Å². The van der Waals surface area contributed by atoms with Crippen molar-refractivity contribution in [3.8, 4) is 5.75 Å². The maximum Gasteiger partial charge on any atom is 0.128 e. The molecule has 2 unspecified atom stereocenters. The van der Waals surface area contributed by atoms with Crippen molar-refractivity contribution in [2.75, 3.05) is 13.7 Å². The Balaban J connectivity index is 1.75. The van der Waals surface area contributed by atoms with Crippen molar-refractivity contribution in [3.63, 3.8) is 0 Å². The first-order valence-corrected chi connectivity index (χ1v) is 8.54. The number of benzene rings is 2. The third-order valence-corrected chi connectivity index (χ3v) is 4.69. The fourth-order valence-electron chi connectivity index (χ4n) is 3.45. The van der Waals surface area contributed by atoms with Gasteiger partial charge in [0.1, 0.15) is 11.6 Å². The van der Waals surface area contributed by atoms with E-state index in [-0.39, 0.29) is 17.9 Å². The van der Waals surface area contributed by atoms with Gasteiger partial charge in [0.15, 0.2) is 0 Å². The summed E-state index contributed by atoms with van der Waals surface area (Å²) >= 11 is 0. The Morgan fingerprint density at radius 2 is 2.08 bits per heavy atom. The predicted molar refractivity (Wildman–Crippen MR) is 94.7 cm³/mol. The fourth-order valence-corrected chi connectivity index (χ4v) is 3.45. The van der Waals surface area contributed by atoms with Crippen molar-refractivity contribution in [3.05, 3.63) is 65.0 Å². The van der Waals surface area contributed by atoms with Crippen molar-refractivity contribution in [1.82, 2.24) is 10.6 Å². The van der Waals surface area contributed by atoms with Crippen molar-refractivity contribution < 1.29 is 9.13 Å². The predicted octanol–water partition coefficient (Wildman–Crippen LogP) is 3.73. The largest absolute Gasteiger partial charge is 0.496 e. The van der Waals surface area contributed by atoms with Crippen LogP contribution in [-0.2, 0) is 6.54 Å². The lowest BCUT2D eigenvalue weighted by Gasteiger charge is -2.34. The highest BCUT2D eigenvalue weighted by atomic mass is 19.1. The summed E-state index contributed by atoms with van der Waals surface area (Å²) < 4.78 is 19.6. The molecule has 0 aliphatic carbocycles. The molecule has 1 aliphatic rings. The number of methoxy groups -OCH3 is 1. The second-order valence-corrected chi connectivity index (χ2v) is 6.40. The Bertz CT molecular complexity index is 689. The summed E-state index contributed by atoms with van der Waals surface area (Å²) in [7, 11) is 1.69. The van der Waals surface area contributed by atoms with Gasteiger partial charge in [-0.25, -0.2) is 4.39 Å². The molecule has 2 atom stereocenters. The molecule has 0 spiro atoms. The van der Waals surface area contributed by atoms with Crippen LogP contribution in [0.15, 0.2) is 42.5 Å². The first-order valence-electron chi connectivity index (χ1n) is 8.54. The molecule has 0 amide bonds. The van der Waals surface area contributed by atoms with Crippen LogP contribution in [0.4, 0.5) is 4.39 Å². The van der Waals surface area contributed by atoms with Gasteiger partial charge in [-0.3, -0.25) is 0 Å². The van der Waals surface area contributed by atoms with Gasteiger partial charge in [-0.15, -0.1) is 0 Å². The average Bonchev–Trinajstić information content (AvgIpc) is 2.61. The molecule has 0 radical (unpaired) electrons. The highest BCUT2D eigenvalue weighted by Crippen LogP contribution is 2.27. The maximum atomic E-state index is 14.2. The fraction of sp³-hybridized carbons (Fsp3) is 0.400. The first kappa shape index (κ1) is 16.9. The normalized spacial score (nSPS) is 20.8. The Hall–Kier alpha value is -1.91. The van der Waals surface area contributed by atoms with Gasteiger partial charge in [-0.05, 0) is 38.4 Å². The van der Waals surface area contributed by atoms with E-state index in [1.807, 2.05) is 24.3 Å². The molecular formula is C20H25FN2O. The molecule has 2 aromatic carbocycles. The molecule has 1 aliphatic heterocycles. The number of hydrogen-bond acceptors (Lipinski definition) is 3. The van der Waals surface area contributed by atoms with Crippen LogP contribution in [0.3, 0.4) is 0 Å². The molecular weight excluding hydrogens is 303 g/mol. The number of hydrogen-bond donors (Lipinski definition) is 2. The van der Waals surface area contributed by atoms with Crippen molar-refractivity contribution in [2.45, 2.75) is 38.4 Å². The summed E-state index contributed by atoms with van der Waals surface area (Å²) in [6, 6.07) is 13.4. The Labute approximate surface area is 143 Å². The molecule has 128 valence electrons. The van der Waals surface area contributed by atoms with Crippen LogP contribution in [0.25, 0.3) is 0 Å². The topological polar surface area (TPSA) is 33.3 Å². The molecule has 3 nitrogen and oxygen atoms in total. The lowest BCUT2D eigenvalue weighted by molar-refractivity contribution is 0.297. The van der Waals surface area contributed by atoms with E-state index in [2.05, 4.69) is 23.6 Å². The molecule has 24 heavy (non-hydrogen) atoms. The third-order valence-electron chi connectivity index (χ3n) is 4.69. The molecule has 2 aromatic rings. The third kappa shape index (κ3) is 3.77. The second kappa shape index (κ2) is 7.77. The molecule has 1 heterocycles. The van der Waals surface area contributed by atoms with Crippen molar-refractivity contribution in [1.29, 1.82) is 0 Å².